The fourth-order valence-electron chi connectivity index (χ4n) is 2.79. The number of nitrogens with two attached hydrogens (primary N) is 1. The van der Waals surface area contributed by atoms with Gasteiger partial charge in [0.2, 0.25) is 5.91 Å². The SMILES string of the molecule is CC1CCC(CO)(NC(=O)[C@H](N)c2ccccc2)CC1. The van der Waals surface area contributed by atoms with Gasteiger partial charge in [-0.05, 0) is 37.2 Å². The summed E-state index contributed by atoms with van der Waals surface area (Å²) in [5, 5.41) is 12.7. The molecule has 4 nitrogen and oxygen atoms in total. The van der Waals surface area contributed by atoms with Crippen molar-refractivity contribution in [1.29, 1.82) is 0 Å². The van der Waals surface area contributed by atoms with Crippen LogP contribution < -0.4 is 11.1 Å². The number of amides is 1. The lowest BCUT2D eigenvalue weighted by atomic mass is 9.77. The number of hydrogen-bond acceptors (Lipinski definition) is 3. The highest BCUT2D eigenvalue weighted by atomic mass is 16.3. The van der Waals surface area contributed by atoms with Crippen molar-refractivity contribution in [2.75, 3.05) is 6.61 Å². The maximum atomic E-state index is 12.3. The van der Waals surface area contributed by atoms with Crippen molar-refractivity contribution < 1.29 is 9.90 Å². The van der Waals surface area contributed by atoms with E-state index < -0.39 is 11.6 Å². The lowest BCUT2D eigenvalue weighted by Gasteiger charge is -2.39. The third-order valence-electron chi connectivity index (χ3n) is 4.36. The van der Waals surface area contributed by atoms with Crippen LogP contribution in [0.15, 0.2) is 30.3 Å². The van der Waals surface area contributed by atoms with E-state index in [0.29, 0.717) is 5.92 Å². The van der Waals surface area contributed by atoms with Gasteiger partial charge in [-0.25, -0.2) is 0 Å². The molecule has 1 saturated carbocycles. The number of carbonyl (C=O) groups is 1. The van der Waals surface area contributed by atoms with Crippen LogP contribution in [0.4, 0.5) is 0 Å². The molecule has 0 aliphatic heterocycles. The maximum Gasteiger partial charge on any atom is 0.242 e. The monoisotopic (exact) mass is 276 g/mol. The quantitative estimate of drug-likeness (QED) is 0.784. The minimum atomic E-state index is -0.682. The molecule has 0 bridgehead atoms. The molecule has 110 valence electrons. The summed E-state index contributed by atoms with van der Waals surface area (Å²) < 4.78 is 0. The highest BCUT2D eigenvalue weighted by Gasteiger charge is 2.36. The van der Waals surface area contributed by atoms with E-state index in [1.54, 1.807) is 0 Å². The summed E-state index contributed by atoms with van der Waals surface area (Å²) >= 11 is 0. The molecule has 1 aliphatic carbocycles. The van der Waals surface area contributed by atoms with Crippen LogP contribution in [0, 0.1) is 5.92 Å². The average Bonchev–Trinajstić information content (AvgIpc) is 2.50. The van der Waals surface area contributed by atoms with Crippen molar-refractivity contribution in [1.82, 2.24) is 5.32 Å². The maximum absolute atomic E-state index is 12.3. The Morgan fingerprint density at radius 3 is 2.55 bits per heavy atom. The Bertz CT molecular complexity index is 439. The molecule has 2 rings (SSSR count). The van der Waals surface area contributed by atoms with Gasteiger partial charge < -0.3 is 16.2 Å². The number of nitrogens with one attached hydrogen (secondary N) is 1. The lowest BCUT2D eigenvalue weighted by Crippen LogP contribution is -2.55. The molecule has 1 aliphatic rings. The second kappa shape index (κ2) is 6.37. The minimum Gasteiger partial charge on any atom is -0.394 e. The van der Waals surface area contributed by atoms with E-state index in [9.17, 15) is 9.90 Å². The molecule has 4 N–H and O–H groups in total. The van der Waals surface area contributed by atoms with Crippen LogP contribution in [0.3, 0.4) is 0 Å². The highest BCUT2D eigenvalue weighted by molar-refractivity contribution is 5.83. The van der Waals surface area contributed by atoms with E-state index in [0.717, 1.165) is 31.2 Å². The summed E-state index contributed by atoms with van der Waals surface area (Å²) in [6.45, 7) is 2.19. The van der Waals surface area contributed by atoms with Crippen LogP contribution in [-0.4, -0.2) is 23.2 Å². The van der Waals surface area contributed by atoms with E-state index in [4.69, 9.17) is 5.73 Å². The second-order valence-electron chi connectivity index (χ2n) is 6.00. The average molecular weight is 276 g/mol. The van der Waals surface area contributed by atoms with Crippen LogP contribution >= 0.6 is 0 Å². The first-order valence-corrected chi connectivity index (χ1v) is 7.30. The first kappa shape index (κ1) is 15.0. The molecule has 0 heterocycles. The van der Waals surface area contributed by atoms with Crippen molar-refractivity contribution in [3.8, 4) is 0 Å². The Kier molecular flexibility index (Phi) is 4.78. The van der Waals surface area contributed by atoms with Crippen molar-refractivity contribution in [2.24, 2.45) is 11.7 Å². The normalized spacial score (nSPS) is 27.9. The number of carbonyl (C=O) groups excluding carboxylic acids is 1. The standard InChI is InChI=1S/C16H24N2O2/c1-12-7-9-16(11-19,10-8-12)18-15(20)14(17)13-5-3-2-4-6-13/h2-6,12,14,19H,7-11,17H2,1H3,(H,18,20)/t12?,14-,16?/m1/s1. The number of aliphatic hydroxyl groups excluding tert-OH is 1. The van der Waals surface area contributed by atoms with Gasteiger partial charge in [0.15, 0.2) is 0 Å². The minimum absolute atomic E-state index is 0.0209. The Morgan fingerprint density at radius 1 is 1.40 bits per heavy atom. The molecule has 1 atom stereocenters. The molecular weight excluding hydrogens is 252 g/mol. The molecule has 0 unspecified atom stereocenters. The van der Waals surface area contributed by atoms with Gasteiger partial charge in [-0.3, -0.25) is 4.79 Å². The summed E-state index contributed by atoms with van der Waals surface area (Å²) in [5.41, 5.74) is 6.31. The fraction of sp³-hybridized carbons (Fsp3) is 0.562. The fourth-order valence-corrected chi connectivity index (χ4v) is 2.79. The summed E-state index contributed by atoms with van der Waals surface area (Å²) in [4.78, 5) is 12.3. The van der Waals surface area contributed by atoms with Gasteiger partial charge >= 0.3 is 0 Å². The Morgan fingerprint density at radius 2 is 2.00 bits per heavy atom. The third kappa shape index (κ3) is 3.38. The summed E-state index contributed by atoms with van der Waals surface area (Å²) in [7, 11) is 0. The predicted octanol–water partition coefficient (Wildman–Crippen LogP) is 1.74. The van der Waals surface area contributed by atoms with Gasteiger partial charge in [0, 0.05) is 0 Å². The van der Waals surface area contributed by atoms with Gasteiger partial charge in [-0.1, -0.05) is 37.3 Å². The van der Waals surface area contributed by atoms with E-state index in [1.807, 2.05) is 30.3 Å². The van der Waals surface area contributed by atoms with Crippen LogP contribution in [-0.2, 0) is 4.79 Å². The van der Waals surface area contributed by atoms with Crippen LogP contribution in [0.2, 0.25) is 0 Å². The topological polar surface area (TPSA) is 75.3 Å². The molecule has 20 heavy (non-hydrogen) atoms. The number of benzene rings is 1. The molecule has 1 aromatic carbocycles. The number of hydrogen-bond donors (Lipinski definition) is 3. The molecule has 1 amide bonds. The molecule has 1 aromatic rings. The Labute approximate surface area is 120 Å². The smallest absolute Gasteiger partial charge is 0.242 e. The van der Waals surface area contributed by atoms with Crippen LogP contribution in [0.1, 0.15) is 44.2 Å². The van der Waals surface area contributed by atoms with Gasteiger partial charge in [-0.2, -0.15) is 0 Å². The molecule has 0 aromatic heterocycles. The van der Waals surface area contributed by atoms with E-state index in [2.05, 4.69) is 12.2 Å². The molecule has 0 saturated heterocycles. The summed E-state index contributed by atoms with van der Waals surface area (Å²) in [6.07, 6.45) is 3.69. The van der Waals surface area contributed by atoms with Crippen molar-refractivity contribution in [3.05, 3.63) is 35.9 Å². The second-order valence-corrected chi connectivity index (χ2v) is 6.00. The largest absolute Gasteiger partial charge is 0.394 e. The van der Waals surface area contributed by atoms with Gasteiger partial charge in [0.05, 0.1) is 12.1 Å². The zero-order valence-electron chi connectivity index (χ0n) is 12.0. The third-order valence-corrected chi connectivity index (χ3v) is 4.36. The first-order valence-electron chi connectivity index (χ1n) is 7.30. The summed E-state index contributed by atoms with van der Waals surface area (Å²) in [6, 6.07) is 8.64. The lowest BCUT2D eigenvalue weighted by molar-refractivity contribution is -0.125. The zero-order valence-corrected chi connectivity index (χ0v) is 12.0. The molecule has 0 radical (unpaired) electrons. The zero-order chi connectivity index (χ0) is 14.6. The Hall–Kier alpha value is -1.39. The van der Waals surface area contributed by atoms with Gasteiger partial charge in [0.1, 0.15) is 6.04 Å². The van der Waals surface area contributed by atoms with E-state index >= 15 is 0 Å². The van der Waals surface area contributed by atoms with Gasteiger partial charge in [-0.15, -0.1) is 0 Å². The first-order chi connectivity index (χ1) is 9.56. The van der Waals surface area contributed by atoms with E-state index in [1.165, 1.54) is 0 Å². The van der Waals surface area contributed by atoms with Crippen LogP contribution in [0.25, 0.3) is 0 Å². The molecule has 1 fully saturated rings. The van der Waals surface area contributed by atoms with Crippen LogP contribution in [0.5, 0.6) is 0 Å². The molecule has 0 spiro atoms. The van der Waals surface area contributed by atoms with Crippen molar-refractivity contribution >= 4 is 5.91 Å². The number of aliphatic hydroxyl groups is 1. The Balaban J connectivity index is 2.02. The summed E-state index contributed by atoms with van der Waals surface area (Å²) in [5.74, 6) is 0.453. The predicted molar refractivity (Wildman–Crippen MR) is 79.0 cm³/mol. The highest BCUT2D eigenvalue weighted by Crippen LogP contribution is 2.32. The number of rotatable bonds is 4. The van der Waals surface area contributed by atoms with Gasteiger partial charge in [0.25, 0.3) is 0 Å². The molecular formula is C16H24N2O2. The van der Waals surface area contributed by atoms with E-state index in [-0.39, 0.29) is 12.5 Å². The molecule has 4 heteroatoms. The van der Waals surface area contributed by atoms with Crippen molar-refractivity contribution in [2.45, 2.75) is 44.2 Å². The van der Waals surface area contributed by atoms with Crippen molar-refractivity contribution in [3.63, 3.8) is 0 Å².